The number of rotatable bonds is 7. The van der Waals surface area contributed by atoms with Gasteiger partial charge in [-0.15, -0.1) is 0 Å². The minimum atomic E-state index is -0.182. The van der Waals surface area contributed by atoms with E-state index in [4.69, 9.17) is 16.3 Å². The fourth-order valence-corrected chi connectivity index (χ4v) is 3.72. The van der Waals surface area contributed by atoms with Crippen LogP contribution in [0, 0.1) is 17.7 Å². The Hall–Kier alpha value is -0.640. The number of methoxy groups -OCH3 is 1. The fraction of sp³-hybridized carbons (Fsp3) is 0.647. The Morgan fingerprint density at radius 3 is 2.71 bits per heavy atom. The molecular formula is C17H25ClFNO. The van der Waals surface area contributed by atoms with Crippen LogP contribution < -0.4 is 5.32 Å². The SMILES string of the molecule is COCCNCC1(c2c(F)cccc2Cl)CC(C(C)C)C1. The van der Waals surface area contributed by atoms with E-state index in [1.165, 1.54) is 6.07 Å². The van der Waals surface area contributed by atoms with Gasteiger partial charge in [0.15, 0.2) is 0 Å². The smallest absolute Gasteiger partial charge is 0.128 e. The minimum Gasteiger partial charge on any atom is -0.383 e. The summed E-state index contributed by atoms with van der Waals surface area (Å²) in [4.78, 5) is 0. The van der Waals surface area contributed by atoms with Gasteiger partial charge in [0.25, 0.3) is 0 Å². The lowest BCUT2D eigenvalue weighted by Gasteiger charge is -2.50. The maximum Gasteiger partial charge on any atom is 0.128 e. The average molecular weight is 314 g/mol. The van der Waals surface area contributed by atoms with E-state index in [-0.39, 0.29) is 11.2 Å². The Labute approximate surface area is 132 Å². The van der Waals surface area contributed by atoms with Gasteiger partial charge in [0.1, 0.15) is 5.82 Å². The molecule has 1 aromatic rings. The molecule has 0 bridgehead atoms. The van der Waals surface area contributed by atoms with E-state index in [2.05, 4.69) is 19.2 Å². The summed E-state index contributed by atoms with van der Waals surface area (Å²) in [5, 5.41) is 3.94. The Morgan fingerprint density at radius 2 is 2.14 bits per heavy atom. The number of hydrogen-bond donors (Lipinski definition) is 1. The molecule has 0 heterocycles. The van der Waals surface area contributed by atoms with Gasteiger partial charge in [-0.25, -0.2) is 4.39 Å². The van der Waals surface area contributed by atoms with Crippen LogP contribution in [-0.2, 0) is 10.2 Å². The molecule has 21 heavy (non-hydrogen) atoms. The topological polar surface area (TPSA) is 21.3 Å². The van der Waals surface area contributed by atoms with Crippen LogP contribution >= 0.6 is 11.6 Å². The van der Waals surface area contributed by atoms with E-state index < -0.39 is 0 Å². The standard InChI is InChI=1S/C17H25ClFNO/c1-12(2)13-9-17(10-13,11-20-7-8-21-3)16-14(18)5-4-6-15(16)19/h4-6,12-13,20H,7-11H2,1-3H3. The summed E-state index contributed by atoms with van der Waals surface area (Å²) in [5.74, 6) is 1.09. The van der Waals surface area contributed by atoms with Gasteiger partial charge >= 0.3 is 0 Å². The molecule has 1 aliphatic carbocycles. The van der Waals surface area contributed by atoms with Crippen molar-refractivity contribution < 1.29 is 9.13 Å². The van der Waals surface area contributed by atoms with Crippen molar-refractivity contribution in [1.82, 2.24) is 5.32 Å². The zero-order chi connectivity index (χ0) is 15.5. The van der Waals surface area contributed by atoms with Crippen molar-refractivity contribution in [2.45, 2.75) is 32.1 Å². The second kappa shape index (κ2) is 7.08. The molecule has 0 spiro atoms. The normalized spacial score (nSPS) is 25.1. The summed E-state index contributed by atoms with van der Waals surface area (Å²) in [5.41, 5.74) is 0.513. The molecule has 4 heteroatoms. The number of halogens is 2. The second-order valence-electron chi connectivity index (χ2n) is 6.46. The van der Waals surface area contributed by atoms with Crippen molar-refractivity contribution in [1.29, 1.82) is 0 Å². The van der Waals surface area contributed by atoms with E-state index in [0.29, 0.717) is 29.0 Å². The van der Waals surface area contributed by atoms with Gasteiger partial charge in [0, 0.05) is 36.2 Å². The van der Waals surface area contributed by atoms with Crippen LogP contribution in [-0.4, -0.2) is 26.8 Å². The predicted octanol–water partition coefficient (Wildman–Crippen LogP) is 4.02. The van der Waals surface area contributed by atoms with Crippen LogP contribution in [0.3, 0.4) is 0 Å². The Balaban J connectivity index is 2.17. The fourth-order valence-electron chi connectivity index (χ4n) is 3.36. The molecule has 0 aliphatic heterocycles. The average Bonchev–Trinajstić information content (AvgIpc) is 2.38. The van der Waals surface area contributed by atoms with Gasteiger partial charge in [-0.3, -0.25) is 0 Å². The highest BCUT2D eigenvalue weighted by atomic mass is 35.5. The zero-order valence-electron chi connectivity index (χ0n) is 13.1. The van der Waals surface area contributed by atoms with Crippen molar-refractivity contribution in [2.75, 3.05) is 26.8 Å². The first-order chi connectivity index (χ1) is 10.00. The molecular weight excluding hydrogens is 289 g/mol. The second-order valence-corrected chi connectivity index (χ2v) is 6.87. The highest BCUT2D eigenvalue weighted by Crippen LogP contribution is 2.52. The Morgan fingerprint density at radius 1 is 1.43 bits per heavy atom. The highest BCUT2D eigenvalue weighted by Gasteiger charge is 2.48. The molecule has 1 aromatic carbocycles. The lowest BCUT2D eigenvalue weighted by molar-refractivity contribution is 0.0918. The minimum absolute atomic E-state index is 0.175. The third kappa shape index (κ3) is 3.58. The summed E-state index contributed by atoms with van der Waals surface area (Å²) in [6, 6.07) is 4.98. The summed E-state index contributed by atoms with van der Waals surface area (Å²) in [6.45, 7) is 6.65. The van der Waals surface area contributed by atoms with E-state index in [1.807, 2.05) is 0 Å². The van der Waals surface area contributed by atoms with E-state index in [1.54, 1.807) is 19.2 Å². The number of hydrogen-bond acceptors (Lipinski definition) is 2. The molecule has 0 atom stereocenters. The van der Waals surface area contributed by atoms with Gasteiger partial charge in [0.05, 0.1) is 6.61 Å². The lowest BCUT2D eigenvalue weighted by Crippen LogP contribution is -2.51. The molecule has 0 aromatic heterocycles. The van der Waals surface area contributed by atoms with Crippen LogP contribution in [0.25, 0.3) is 0 Å². The van der Waals surface area contributed by atoms with Crippen molar-refractivity contribution in [3.05, 3.63) is 34.6 Å². The van der Waals surface area contributed by atoms with Gasteiger partial charge < -0.3 is 10.1 Å². The Bertz CT molecular complexity index is 452. The molecule has 1 aliphatic rings. The third-order valence-corrected chi connectivity index (χ3v) is 5.00. The number of benzene rings is 1. The van der Waals surface area contributed by atoms with Gasteiger partial charge in [-0.2, -0.15) is 0 Å². The number of ether oxygens (including phenoxy) is 1. The van der Waals surface area contributed by atoms with Gasteiger partial charge in [-0.1, -0.05) is 31.5 Å². The van der Waals surface area contributed by atoms with E-state index in [0.717, 1.165) is 25.9 Å². The highest BCUT2D eigenvalue weighted by molar-refractivity contribution is 6.31. The van der Waals surface area contributed by atoms with Crippen molar-refractivity contribution in [2.24, 2.45) is 11.8 Å². The molecule has 118 valence electrons. The van der Waals surface area contributed by atoms with Gasteiger partial charge in [-0.05, 0) is 36.8 Å². The van der Waals surface area contributed by atoms with Crippen LogP contribution in [0.4, 0.5) is 4.39 Å². The number of nitrogens with one attached hydrogen (secondary N) is 1. The molecule has 1 saturated carbocycles. The third-order valence-electron chi connectivity index (χ3n) is 4.69. The molecule has 2 rings (SSSR count). The molecule has 0 unspecified atom stereocenters. The summed E-state index contributed by atoms with van der Waals surface area (Å²) in [7, 11) is 1.68. The summed E-state index contributed by atoms with van der Waals surface area (Å²) in [6.07, 6.45) is 1.98. The monoisotopic (exact) mass is 313 g/mol. The first-order valence-corrected chi connectivity index (χ1v) is 8.02. The molecule has 1 fully saturated rings. The first kappa shape index (κ1) is 16.7. The molecule has 0 radical (unpaired) electrons. The summed E-state index contributed by atoms with van der Waals surface area (Å²) >= 11 is 6.30. The first-order valence-electron chi connectivity index (χ1n) is 7.64. The molecule has 0 saturated heterocycles. The maximum atomic E-state index is 14.3. The van der Waals surface area contributed by atoms with Crippen LogP contribution in [0.2, 0.25) is 5.02 Å². The van der Waals surface area contributed by atoms with Crippen molar-refractivity contribution in [3.63, 3.8) is 0 Å². The van der Waals surface area contributed by atoms with Crippen molar-refractivity contribution in [3.8, 4) is 0 Å². The van der Waals surface area contributed by atoms with Crippen LogP contribution in [0.1, 0.15) is 32.3 Å². The Kier molecular flexibility index (Phi) is 5.64. The summed E-state index contributed by atoms with van der Waals surface area (Å²) < 4.78 is 19.4. The van der Waals surface area contributed by atoms with Crippen LogP contribution in [0.15, 0.2) is 18.2 Å². The van der Waals surface area contributed by atoms with Gasteiger partial charge in [0.2, 0.25) is 0 Å². The van der Waals surface area contributed by atoms with E-state index >= 15 is 0 Å². The van der Waals surface area contributed by atoms with Crippen LogP contribution in [0.5, 0.6) is 0 Å². The lowest BCUT2D eigenvalue weighted by atomic mass is 9.55. The largest absolute Gasteiger partial charge is 0.383 e. The maximum absolute atomic E-state index is 14.3. The zero-order valence-corrected chi connectivity index (χ0v) is 13.8. The molecule has 2 nitrogen and oxygen atoms in total. The molecule has 1 N–H and O–H groups in total. The molecule has 0 amide bonds. The van der Waals surface area contributed by atoms with E-state index in [9.17, 15) is 4.39 Å². The van der Waals surface area contributed by atoms with Crippen molar-refractivity contribution >= 4 is 11.6 Å². The predicted molar refractivity (Wildman–Crippen MR) is 85.4 cm³/mol. The quantitative estimate of drug-likeness (QED) is 0.768.